The molecule has 3 heteroatoms. The molecule has 0 spiro atoms. The lowest BCUT2D eigenvalue weighted by molar-refractivity contribution is -0.0550. The van der Waals surface area contributed by atoms with Gasteiger partial charge < -0.3 is 14.6 Å². The fourth-order valence-corrected chi connectivity index (χ4v) is 5.81. The van der Waals surface area contributed by atoms with E-state index < -0.39 is 11.2 Å². The molecule has 0 aliphatic heterocycles. The van der Waals surface area contributed by atoms with Gasteiger partial charge in [-0.1, -0.05) is 115 Å². The van der Waals surface area contributed by atoms with Crippen LogP contribution in [0.15, 0.2) is 140 Å². The van der Waals surface area contributed by atoms with E-state index in [9.17, 15) is 5.11 Å². The highest BCUT2D eigenvalue weighted by Gasteiger charge is 2.45. The van der Waals surface area contributed by atoms with Gasteiger partial charge >= 0.3 is 0 Å². The first-order valence-electron chi connectivity index (χ1n) is 13.4. The van der Waals surface area contributed by atoms with Crippen LogP contribution in [0.1, 0.15) is 46.6 Å². The number of rotatable bonds is 8. The Hall–Kier alpha value is -4.34. The van der Waals surface area contributed by atoms with E-state index >= 15 is 0 Å². The van der Waals surface area contributed by atoms with Crippen LogP contribution >= 0.6 is 0 Å². The highest BCUT2D eigenvalue weighted by Crippen LogP contribution is 2.51. The third-order valence-electron chi connectivity index (χ3n) is 7.96. The molecule has 1 aliphatic rings. The van der Waals surface area contributed by atoms with Gasteiger partial charge in [0.15, 0.2) is 5.60 Å². The van der Waals surface area contributed by atoms with Crippen LogP contribution in [0.2, 0.25) is 0 Å². The van der Waals surface area contributed by atoms with Gasteiger partial charge in [0.05, 0.1) is 12.7 Å². The van der Waals surface area contributed by atoms with Crippen molar-refractivity contribution in [2.45, 2.75) is 30.0 Å². The van der Waals surface area contributed by atoms with Crippen molar-refractivity contribution < 1.29 is 14.6 Å². The Kier molecular flexibility index (Phi) is 6.68. The minimum Gasteiger partial charge on any atom is -0.497 e. The van der Waals surface area contributed by atoms with Gasteiger partial charge in [0.2, 0.25) is 0 Å². The molecule has 194 valence electrons. The van der Waals surface area contributed by atoms with Crippen molar-refractivity contribution in [3.8, 4) is 11.5 Å². The molecule has 1 N–H and O–H groups in total. The second-order valence-electron chi connectivity index (χ2n) is 10.3. The van der Waals surface area contributed by atoms with Crippen molar-refractivity contribution in [3.05, 3.63) is 167 Å². The summed E-state index contributed by atoms with van der Waals surface area (Å²) in [6.45, 7) is 0. The summed E-state index contributed by atoms with van der Waals surface area (Å²) in [7, 11) is 1.67. The van der Waals surface area contributed by atoms with Gasteiger partial charge in [0.1, 0.15) is 11.5 Å². The van der Waals surface area contributed by atoms with E-state index in [4.69, 9.17) is 9.47 Å². The van der Waals surface area contributed by atoms with Crippen LogP contribution in [0.25, 0.3) is 0 Å². The zero-order chi connectivity index (χ0) is 26.7. The van der Waals surface area contributed by atoms with Crippen molar-refractivity contribution in [2.24, 2.45) is 0 Å². The van der Waals surface area contributed by atoms with Crippen LogP contribution in [0.5, 0.6) is 11.5 Å². The SMILES string of the molecule is COc1ccc(C2CC(O)(c3ccc(OC(c4ccccc4)(c4ccccc4)c4ccccc4)cc3)C2)cc1. The van der Waals surface area contributed by atoms with Gasteiger partial charge in [-0.15, -0.1) is 0 Å². The first-order valence-corrected chi connectivity index (χ1v) is 13.4. The summed E-state index contributed by atoms with van der Waals surface area (Å²) >= 11 is 0. The number of methoxy groups -OCH3 is 1. The molecule has 1 fully saturated rings. The summed E-state index contributed by atoms with van der Waals surface area (Å²) < 4.78 is 12.3. The predicted molar refractivity (Wildman–Crippen MR) is 155 cm³/mol. The van der Waals surface area contributed by atoms with E-state index in [0.717, 1.165) is 33.8 Å². The van der Waals surface area contributed by atoms with Crippen LogP contribution in [-0.4, -0.2) is 12.2 Å². The summed E-state index contributed by atoms with van der Waals surface area (Å²) in [5.74, 6) is 1.92. The predicted octanol–water partition coefficient (Wildman–Crippen LogP) is 7.83. The number of aliphatic hydroxyl groups is 1. The molecule has 6 rings (SSSR count). The Morgan fingerprint density at radius 2 is 1.03 bits per heavy atom. The average molecular weight is 513 g/mol. The van der Waals surface area contributed by atoms with Crippen molar-refractivity contribution in [1.82, 2.24) is 0 Å². The lowest BCUT2D eigenvalue weighted by atomic mass is 9.65. The smallest absolute Gasteiger partial charge is 0.184 e. The summed E-state index contributed by atoms with van der Waals surface area (Å²) in [5.41, 5.74) is 3.63. The zero-order valence-electron chi connectivity index (χ0n) is 22.0. The van der Waals surface area contributed by atoms with E-state index in [1.54, 1.807) is 7.11 Å². The Bertz CT molecular complexity index is 1390. The highest BCUT2D eigenvalue weighted by molar-refractivity contribution is 5.49. The Morgan fingerprint density at radius 1 is 0.590 bits per heavy atom. The molecule has 39 heavy (non-hydrogen) atoms. The molecule has 0 bridgehead atoms. The maximum Gasteiger partial charge on any atom is 0.184 e. The van der Waals surface area contributed by atoms with Crippen molar-refractivity contribution in [1.29, 1.82) is 0 Å². The quantitative estimate of drug-likeness (QED) is 0.215. The lowest BCUT2D eigenvalue weighted by Gasteiger charge is -2.44. The normalized spacial score (nSPS) is 18.7. The third-order valence-corrected chi connectivity index (χ3v) is 7.96. The summed E-state index contributed by atoms with van der Waals surface area (Å²) in [4.78, 5) is 0. The topological polar surface area (TPSA) is 38.7 Å². The van der Waals surface area contributed by atoms with Gasteiger partial charge in [0, 0.05) is 16.7 Å². The fourth-order valence-electron chi connectivity index (χ4n) is 5.81. The first kappa shape index (κ1) is 25.0. The van der Waals surface area contributed by atoms with Crippen LogP contribution in [-0.2, 0) is 11.2 Å². The lowest BCUT2D eigenvalue weighted by Crippen LogP contribution is -2.39. The molecule has 1 saturated carbocycles. The highest BCUT2D eigenvalue weighted by atomic mass is 16.5. The van der Waals surface area contributed by atoms with Gasteiger partial charge in [-0.3, -0.25) is 0 Å². The van der Waals surface area contributed by atoms with Crippen molar-refractivity contribution in [2.75, 3.05) is 7.11 Å². The van der Waals surface area contributed by atoms with Gasteiger partial charge in [-0.05, 0) is 54.2 Å². The third kappa shape index (κ3) is 4.71. The molecule has 0 heterocycles. The maximum absolute atomic E-state index is 11.4. The van der Waals surface area contributed by atoms with Crippen LogP contribution in [0.3, 0.4) is 0 Å². The minimum atomic E-state index is -0.835. The van der Waals surface area contributed by atoms with Crippen molar-refractivity contribution >= 4 is 0 Å². The van der Waals surface area contributed by atoms with E-state index in [2.05, 4.69) is 48.5 Å². The average Bonchev–Trinajstić information content (AvgIpc) is 3.00. The fraction of sp³-hybridized carbons (Fsp3) is 0.167. The monoisotopic (exact) mass is 512 g/mol. The van der Waals surface area contributed by atoms with Gasteiger partial charge in [-0.25, -0.2) is 0 Å². The molecular formula is C36H32O3. The molecule has 5 aromatic carbocycles. The van der Waals surface area contributed by atoms with Crippen LogP contribution in [0.4, 0.5) is 0 Å². The second-order valence-corrected chi connectivity index (χ2v) is 10.3. The van der Waals surface area contributed by atoms with E-state index in [1.165, 1.54) is 5.56 Å². The summed E-state index contributed by atoms with van der Waals surface area (Å²) in [5, 5.41) is 11.4. The van der Waals surface area contributed by atoms with Crippen LogP contribution < -0.4 is 9.47 Å². The van der Waals surface area contributed by atoms with Crippen LogP contribution in [0, 0.1) is 0 Å². The van der Waals surface area contributed by atoms with Crippen molar-refractivity contribution in [3.63, 3.8) is 0 Å². The molecule has 0 unspecified atom stereocenters. The zero-order valence-corrected chi connectivity index (χ0v) is 22.0. The summed E-state index contributed by atoms with van der Waals surface area (Å²) in [6, 6.07) is 47.2. The number of hydrogen-bond donors (Lipinski definition) is 1. The summed E-state index contributed by atoms with van der Waals surface area (Å²) in [6.07, 6.45) is 1.39. The maximum atomic E-state index is 11.4. The molecule has 5 aromatic rings. The molecular weight excluding hydrogens is 480 g/mol. The van der Waals surface area contributed by atoms with E-state index in [0.29, 0.717) is 18.8 Å². The number of hydrogen-bond acceptors (Lipinski definition) is 3. The molecule has 0 aromatic heterocycles. The van der Waals surface area contributed by atoms with E-state index in [1.807, 2.05) is 91.0 Å². The minimum absolute atomic E-state index is 0.332. The molecule has 3 nitrogen and oxygen atoms in total. The van der Waals surface area contributed by atoms with E-state index in [-0.39, 0.29) is 0 Å². The standard InChI is InChI=1S/C36H32O3/c1-38-33-21-17-27(18-22-33)28-25-35(37,26-28)29-19-23-34(24-20-29)39-36(30-11-5-2-6-12-30,31-13-7-3-8-14-31)32-15-9-4-10-16-32/h2-24,28,37H,25-26H2,1H3. The Morgan fingerprint density at radius 3 is 1.46 bits per heavy atom. The number of ether oxygens (including phenoxy) is 2. The largest absolute Gasteiger partial charge is 0.497 e. The molecule has 0 amide bonds. The first-order chi connectivity index (χ1) is 19.1. The Balaban J connectivity index is 1.31. The number of benzene rings is 5. The van der Waals surface area contributed by atoms with Gasteiger partial charge in [0.25, 0.3) is 0 Å². The molecule has 0 saturated heterocycles. The second kappa shape index (κ2) is 10.4. The van der Waals surface area contributed by atoms with Gasteiger partial charge in [-0.2, -0.15) is 0 Å². The molecule has 1 aliphatic carbocycles. The Labute approximate surface area is 230 Å². The molecule has 0 atom stereocenters. The molecule has 0 radical (unpaired) electrons.